The van der Waals surface area contributed by atoms with E-state index in [9.17, 15) is 4.79 Å². The Morgan fingerprint density at radius 2 is 1.80 bits per heavy atom. The highest BCUT2D eigenvalue weighted by Crippen LogP contribution is 2.05. The second kappa shape index (κ2) is 9.00. The van der Waals surface area contributed by atoms with Crippen molar-refractivity contribution >= 4 is 12.0 Å². The molecule has 82 valence electrons. The van der Waals surface area contributed by atoms with Crippen LogP contribution in [-0.4, -0.2) is 6.29 Å². The predicted molar refractivity (Wildman–Crippen MR) is 65.9 cm³/mol. The Labute approximate surface area is 92.0 Å². The number of hydrogen-bond acceptors (Lipinski definition) is 2. The lowest BCUT2D eigenvalue weighted by molar-refractivity contribution is -0.107. The number of carbonyl (C=O) groups excluding carboxylic acids is 1. The Morgan fingerprint density at radius 1 is 1.27 bits per heavy atom. The monoisotopic (exact) mass is 205 g/mol. The van der Waals surface area contributed by atoms with Gasteiger partial charge in [-0.1, -0.05) is 30.7 Å². The molecule has 0 spiro atoms. The van der Waals surface area contributed by atoms with Gasteiger partial charge in [-0.25, -0.2) is 0 Å². The van der Waals surface area contributed by atoms with Crippen LogP contribution in [0.3, 0.4) is 0 Å². The second-order valence-corrected chi connectivity index (χ2v) is 3.31. The van der Waals surface area contributed by atoms with Crippen LogP contribution in [-0.2, 0) is 4.79 Å². The maximum absolute atomic E-state index is 9.17. The second-order valence-electron chi connectivity index (χ2n) is 3.31. The van der Waals surface area contributed by atoms with Crippen molar-refractivity contribution in [3.05, 3.63) is 42.1 Å². The van der Waals surface area contributed by atoms with Gasteiger partial charge in [0, 0.05) is 12.1 Å². The van der Waals surface area contributed by atoms with Gasteiger partial charge < -0.3 is 10.1 Å². The van der Waals surface area contributed by atoms with E-state index in [1.54, 1.807) is 0 Å². The summed E-state index contributed by atoms with van der Waals surface area (Å²) in [5.74, 6) is 0. The average Bonchev–Trinajstić information content (AvgIpc) is 2.28. The number of hydrogen-bond donors (Lipinski definition) is 1. The van der Waals surface area contributed by atoms with E-state index in [0.717, 1.165) is 12.0 Å². The minimum atomic E-state index is 0.639. The van der Waals surface area contributed by atoms with E-state index in [1.807, 2.05) is 43.5 Å². The third kappa shape index (κ3) is 8.75. The minimum absolute atomic E-state index is 0.639. The molecule has 1 aromatic rings. The lowest BCUT2D eigenvalue weighted by Gasteiger charge is -1.99. The van der Waals surface area contributed by atoms with Gasteiger partial charge >= 0.3 is 0 Å². The fourth-order valence-electron chi connectivity index (χ4n) is 0.762. The molecule has 0 atom stereocenters. The zero-order valence-electron chi connectivity index (χ0n) is 9.66. The van der Waals surface area contributed by atoms with Gasteiger partial charge in [0.15, 0.2) is 0 Å². The summed E-state index contributed by atoms with van der Waals surface area (Å²) in [5.41, 5.74) is 2.41. The molecule has 0 bridgehead atoms. The Hall–Kier alpha value is -1.57. The van der Waals surface area contributed by atoms with Gasteiger partial charge in [0.25, 0.3) is 0 Å². The van der Waals surface area contributed by atoms with Gasteiger partial charge in [-0.2, -0.15) is 0 Å². The highest BCUT2D eigenvalue weighted by Gasteiger charge is 1.82. The fourth-order valence-corrected chi connectivity index (χ4v) is 0.762. The molecule has 0 radical (unpaired) electrons. The zero-order chi connectivity index (χ0) is 11.5. The number of para-hydroxylation sites is 1. The van der Waals surface area contributed by atoms with E-state index in [0.29, 0.717) is 6.42 Å². The zero-order valence-corrected chi connectivity index (χ0v) is 9.66. The molecule has 0 fully saturated rings. The largest absolute Gasteiger partial charge is 0.362 e. The highest BCUT2D eigenvalue weighted by atomic mass is 16.1. The molecular formula is C13H19NO. The van der Waals surface area contributed by atoms with Gasteiger partial charge in [0.2, 0.25) is 0 Å². The number of benzene rings is 1. The standard InChI is InChI=1S/C10H13N.C3H6O/c1-9(2)8-11-10-6-4-3-5-7-10;1-2-3-4/h3-8,11H,1-2H3;3H,2H2,1H3. The summed E-state index contributed by atoms with van der Waals surface area (Å²) in [6.07, 6.45) is 3.51. The number of nitrogens with one attached hydrogen (secondary N) is 1. The van der Waals surface area contributed by atoms with Crippen molar-refractivity contribution in [3.8, 4) is 0 Å². The number of anilines is 1. The minimum Gasteiger partial charge on any atom is -0.362 e. The van der Waals surface area contributed by atoms with Crippen LogP contribution in [0.2, 0.25) is 0 Å². The van der Waals surface area contributed by atoms with E-state index in [-0.39, 0.29) is 0 Å². The van der Waals surface area contributed by atoms with Crippen LogP contribution in [0.5, 0.6) is 0 Å². The molecule has 15 heavy (non-hydrogen) atoms. The van der Waals surface area contributed by atoms with Crippen molar-refractivity contribution in [1.82, 2.24) is 0 Å². The number of allylic oxidation sites excluding steroid dienone is 1. The molecule has 0 aliphatic rings. The van der Waals surface area contributed by atoms with Crippen molar-refractivity contribution < 1.29 is 4.79 Å². The molecule has 0 aliphatic heterocycles. The van der Waals surface area contributed by atoms with Crippen molar-refractivity contribution in [1.29, 1.82) is 0 Å². The first-order valence-electron chi connectivity index (χ1n) is 5.09. The van der Waals surface area contributed by atoms with Crippen molar-refractivity contribution in [3.63, 3.8) is 0 Å². The van der Waals surface area contributed by atoms with Crippen LogP contribution in [0.25, 0.3) is 0 Å². The van der Waals surface area contributed by atoms with Crippen LogP contribution < -0.4 is 5.32 Å². The summed E-state index contributed by atoms with van der Waals surface area (Å²) < 4.78 is 0. The normalized spacial score (nSPS) is 8.20. The summed E-state index contributed by atoms with van der Waals surface area (Å²) in [4.78, 5) is 9.17. The summed E-state index contributed by atoms with van der Waals surface area (Å²) in [5, 5.41) is 3.18. The van der Waals surface area contributed by atoms with Crippen LogP contribution in [0.15, 0.2) is 42.1 Å². The summed E-state index contributed by atoms with van der Waals surface area (Å²) >= 11 is 0. The molecule has 0 amide bonds. The van der Waals surface area contributed by atoms with Gasteiger partial charge in [0.1, 0.15) is 6.29 Å². The molecule has 1 rings (SSSR count). The van der Waals surface area contributed by atoms with E-state index in [2.05, 4.69) is 19.2 Å². The van der Waals surface area contributed by atoms with E-state index in [4.69, 9.17) is 0 Å². The van der Waals surface area contributed by atoms with Crippen molar-refractivity contribution in [2.24, 2.45) is 0 Å². The van der Waals surface area contributed by atoms with Crippen LogP contribution in [0.4, 0.5) is 5.69 Å². The molecule has 0 aromatic heterocycles. The highest BCUT2D eigenvalue weighted by molar-refractivity contribution is 5.48. The van der Waals surface area contributed by atoms with E-state index in [1.165, 1.54) is 5.57 Å². The molecule has 0 aliphatic carbocycles. The van der Waals surface area contributed by atoms with Gasteiger partial charge in [0.05, 0.1) is 0 Å². The smallest absolute Gasteiger partial charge is 0.119 e. The third-order valence-electron chi connectivity index (χ3n) is 1.47. The first-order chi connectivity index (χ1) is 7.20. The lowest BCUT2D eigenvalue weighted by atomic mass is 10.3. The fraction of sp³-hybridized carbons (Fsp3) is 0.308. The third-order valence-corrected chi connectivity index (χ3v) is 1.47. The van der Waals surface area contributed by atoms with Crippen molar-refractivity contribution in [2.75, 3.05) is 5.32 Å². The van der Waals surface area contributed by atoms with E-state index >= 15 is 0 Å². The first-order valence-corrected chi connectivity index (χ1v) is 5.09. The number of aldehydes is 1. The average molecular weight is 205 g/mol. The molecule has 0 saturated heterocycles. The summed E-state index contributed by atoms with van der Waals surface area (Å²) in [7, 11) is 0. The van der Waals surface area contributed by atoms with Crippen LogP contribution >= 0.6 is 0 Å². The molecule has 0 saturated carbocycles. The lowest BCUT2D eigenvalue weighted by Crippen LogP contribution is -1.86. The number of carbonyl (C=O) groups is 1. The molecular weight excluding hydrogens is 186 g/mol. The molecule has 1 aromatic carbocycles. The van der Waals surface area contributed by atoms with Gasteiger partial charge in [-0.15, -0.1) is 0 Å². The number of rotatable bonds is 3. The summed E-state index contributed by atoms with van der Waals surface area (Å²) in [6.45, 7) is 5.94. The molecule has 0 unspecified atom stereocenters. The van der Waals surface area contributed by atoms with Gasteiger partial charge in [-0.3, -0.25) is 0 Å². The Kier molecular flexibility index (Phi) is 8.06. The topological polar surface area (TPSA) is 29.1 Å². The van der Waals surface area contributed by atoms with Crippen molar-refractivity contribution in [2.45, 2.75) is 27.2 Å². The first kappa shape index (κ1) is 13.4. The van der Waals surface area contributed by atoms with E-state index < -0.39 is 0 Å². The maximum Gasteiger partial charge on any atom is 0.119 e. The molecule has 1 N–H and O–H groups in total. The maximum atomic E-state index is 9.17. The van der Waals surface area contributed by atoms with Gasteiger partial charge in [-0.05, 0) is 32.2 Å². The Morgan fingerprint density at radius 3 is 2.20 bits per heavy atom. The molecule has 2 nitrogen and oxygen atoms in total. The Bertz CT molecular complexity index is 287. The molecule has 2 heteroatoms. The Balaban J connectivity index is 0.000000423. The van der Waals surface area contributed by atoms with Crippen LogP contribution in [0, 0.1) is 0 Å². The quantitative estimate of drug-likeness (QED) is 0.764. The summed E-state index contributed by atoms with van der Waals surface area (Å²) in [6, 6.07) is 10.1. The molecule has 0 heterocycles. The predicted octanol–water partition coefficient (Wildman–Crippen LogP) is 3.62. The SMILES string of the molecule is CC(C)=CNc1ccccc1.CCC=O. The van der Waals surface area contributed by atoms with Crippen LogP contribution in [0.1, 0.15) is 27.2 Å².